The second kappa shape index (κ2) is 3.93. The maximum Gasteiger partial charge on any atom is 0.119 e. The van der Waals surface area contributed by atoms with E-state index in [9.17, 15) is 0 Å². The van der Waals surface area contributed by atoms with Crippen molar-refractivity contribution in [2.24, 2.45) is 0 Å². The molecule has 0 unspecified atom stereocenters. The summed E-state index contributed by atoms with van der Waals surface area (Å²) in [6, 6.07) is 8.46. The Labute approximate surface area is 93.6 Å². The van der Waals surface area contributed by atoms with Gasteiger partial charge in [0.1, 0.15) is 5.75 Å². The quantitative estimate of drug-likeness (QED) is 0.751. The van der Waals surface area contributed by atoms with Crippen LogP contribution in [0.1, 0.15) is 24.8 Å². The lowest BCUT2D eigenvalue weighted by atomic mass is 9.66. The van der Waals surface area contributed by atoms with Gasteiger partial charge in [-0.2, -0.15) is 0 Å². The van der Waals surface area contributed by atoms with Crippen molar-refractivity contribution in [1.82, 2.24) is 0 Å². The van der Waals surface area contributed by atoms with Crippen LogP contribution in [0.5, 0.6) is 5.75 Å². The summed E-state index contributed by atoms with van der Waals surface area (Å²) in [4.78, 5) is 0. The summed E-state index contributed by atoms with van der Waals surface area (Å²) in [5.41, 5.74) is 1.80. The Morgan fingerprint density at radius 3 is 2.71 bits per heavy atom. The number of benzene rings is 1. The van der Waals surface area contributed by atoms with Gasteiger partial charge in [0.25, 0.3) is 0 Å². The molecule has 0 heterocycles. The van der Waals surface area contributed by atoms with Crippen LogP contribution in [-0.4, -0.2) is 12.4 Å². The molecule has 2 heteroatoms. The summed E-state index contributed by atoms with van der Waals surface area (Å²) in [5, 5.41) is 1.06. The van der Waals surface area contributed by atoms with E-state index >= 15 is 0 Å². The van der Waals surface area contributed by atoms with E-state index in [1.807, 2.05) is 6.07 Å². The van der Waals surface area contributed by atoms with Crippen molar-refractivity contribution in [3.63, 3.8) is 0 Å². The molecule has 0 radical (unpaired) electrons. The highest BCUT2D eigenvalue weighted by Gasteiger charge is 2.37. The zero-order valence-corrected chi connectivity index (χ0v) is 10.0. The largest absolute Gasteiger partial charge is 0.497 e. The number of halogens is 1. The fraction of sp³-hybridized carbons (Fsp3) is 0.500. The van der Waals surface area contributed by atoms with Crippen LogP contribution < -0.4 is 4.74 Å². The lowest BCUT2D eigenvalue weighted by Gasteiger charge is -2.41. The van der Waals surface area contributed by atoms with Gasteiger partial charge in [0.15, 0.2) is 0 Å². The van der Waals surface area contributed by atoms with E-state index < -0.39 is 0 Å². The van der Waals surface area contributed by atoms with E-state index in [-0.39, 0.29) is 0 Å². The second-order valence-corrected chi connectivity index (χ2v) is 4.56. The van der Waals surface area contributed by atoms with Crippen molar-refractivity contribution in [3.8, 4) is 5.75 Å². The Kier molecular flexibility index (Phi) is 2.82. The molecule has 1 fully saturated rings. The Hall–Kier alpha value is -0.500. The summed E-state index contributed by atoms with van der Waals surface area (Å²) in [5.74, 6) is 0.967. The lowest BCUT2D eigenvalue weighted by molar-refractivity contribution is 0.279. The van der Waals surface area contributed by atoms with Crippen LogP contribution in [0.15, 0.2) is 24.3 Å². The van der Waals surface area contributed by atoms with E-state index in [1.54, 1.807) is 7.11 Å². The minimum absolute atomic E-state index is 0.383. The summed E-state index contributed by atoms with van der Waals surface area (Å²) in [6.45, 7) is 0. The number of alkyl halides is 1. The first-order chi connectivity index (χ1) is 6.80. The fourth-order valence-corrected chi connectivity index (χ4v) is 2.94. The van der Waals surface area contributed by atoms with E-state index in [1.165, 1.54) is 24.8 Å². The number of ether oxygens (including phenoxy) is 1. The summed E-state index contributed by atoms with van der Waals surface area (Å²) < 4.78 is 5.25. The van der Waals surface area contributed by atoms with Crippen LogP contribution in [0.3, 0.4) is 0 Å². The minimum atomic E-state index is 0.383. The molecule has 0 N–H and O–H groups in total. The monoisotopic (exact) mass is 254 g/mol. The zero-order valence-electron chi connectivity index (χ0n) is 8.42. The molecule has 0 atom stereocenters. The number of hydrogen-bond donors (Lipinski definition) is 0. The van der Waals surface area contributed by atoms with Gasteiger partial charge in [0.2, 0.25) is 0 Å². The van der Waals surface area contributed by atoms with Gasteiger partial charge in [-0.3, -0.25) is 0 Å². The van der Waals surface area contributed by atoms with Crippen molar-refractivity contribution in [3.05, 3.63) is 29.8 Å². The second-order valence-electron chi connectivity index (χ2n) is 4.00. The smallest absolute Gasteiger partial charge is 0.119 e. The predicted molar refractivity (Wildman–Crippen MR) is 62.3 cm³/mol. The van der Waals surface area contributed by atoms with Gasteiger partial charge in [-0.15, -0.1) is 0 Å². The molecule has 2 rings (SSSR count). The molecule has 0 aromatic heterocycles. The van der Waals surface area contributed by atoms with Crippen molar-refractivity contribution < 1.29 is 4.74 Å². The molecule has 0 spiro atoms. The molecule has 0 aliphatic heterocycles. The molecule has 0 amide bonds. The average Bonchev–Trinajstić information content (AvgIpc) is 2.18. The molecule has 76 valence electrons. The number of hydrogen-bond acceptors (Lipinski definition) is 1. The van der Waals surface area contributed by atoms with Gasteiger partial charge in [-0.05, 0) is 30.5 Å². The molecule has 14 heavy (non-hydrogen) atoms. The molecule has 1 aromatic carbocycles. The molecule has 1 saturated carbocycles. The SMILES string of the molecule is COc1cccc(C2(CBr)CCC2)c1. The number of methoxy groups -OCH3 is 1. The molecule has 0 saturated heterocycles. The van der Waals surface area contributed by atoms with Crippen molar-refractivity contribution in [2.45, 2.75) is 24.7 Å². The maximum atomic E-state index is 5.25. The Morgan fingerprint density at radius 1 is 1.43 bits per heavy atom. The molecule has 1 nitrogen and oxygen atoms in total. The van der Waals surface area contributed by atoms with E-state index in [0.717, 1.165) is 11.1 Å². The molecular weight excluding hydrogens is 240 g/mol. The first kappa shape index (κ1) is 10.0. The van der Waals surface area contributed by atoms with Gasteiger partial charge in [0, 0.05) is 10.7 Å². The Morgan fingerprint density at radius 2 is 2.21 bits per heavy atom. The van der Waals surface area contributed by atoms with E-state index in [4.69, 9.17) is 4.74 Å². The van der Waals surface area contributed by atoms with Crippen LogP contribution in [0.25, 0.3) is 0 Å². The highest BCUT2D eigenvalue weighted by molar-refractivity contribution is 9.09. The molecule has 0 bridgehead atoms. The third-order valence-electron chi connectivity index (χ3n) is 3.25. The highest BCUT2D eigenvalue weighted by atomic mass is 79.9. The van der Waals surface area contributed by atoms with Gasteiger partial charge in [0.05, 0.1) is 7.11 Å². The third kappa shape index (κ3) is 1.56. The first-order valence-corrected chi connectivity index (χ1v) is 6.13. The fourth-order valence-electron chi connectivity index (χ4n) is 2.06. The van der Waals surface area contributed by atoms with Gasteiger partial charge < -0.3 is 4.74 Å². The normalized spacial score (nSPS) is 18.7. The van der Waals surface area contributed by atoms with Gasteiger partial charge in [-0.25, -0.2) is 0 Å². The Balaban J connectivity index is 2.30. The summed E-state index contributed by atoms with van der Waals surface area (Å²) >= 11 is 3.63. The number of rotatable bonds is 3. The summed E-state index contributed by atoms with van der Waals surface area (Å²) in [6.07, 6.45) is 3.94. The average molecular weight is 255 g/mol. The molecule has 1 aromatic rings. The van der Waals surface area contributed by atoms with Crippen molar-refractivity contribution in [2.75, 3.05) is 12.4 Å². The zero-order chi connectivity index (χ0) is 10.0. The van der Waals surface area contributed by atoms with Crippen LogP contribution in [0.4, 0.5) is 0 Å². The standard InChI is InChI=1S/C12H15BrO/c1-14-11-5-2-4-10(8-11)12(9-13)6-3-7-12/h2,4-5,8H,3,6-7,9H2,1H3. The summed E-state index contributed by atoms with van der Waals surface area (Å²) in [7, 11) is 1.72. The van der Waals surface area contributed by atoms with E-state index in [2.05, 4.69) is 34.1 Å². The van der Waals surface area contributed by atoms with Crippen LogP contribution in [0.2, 0.25) is 0 Å². The maximum absolute atomic E-state index is 5.25. The third-order valence-corrected chi connectivity index (χ3v) is 4.32. The molecule has 1 aliphatic carbocycles. The predicted octanol–water partition coefficient (Wildman–Crippen LogP) is 3.51. The van der Waals surface area contributed by atoms with Gasteiger partial charge >= 0.3 is 0 Å². The van der Waals surface area contributed by atoms with Crippen molar-refractivity contribution in [1.29, 1.82) is 0 Å². The van der Waals surface area contributed by atoms with Gasteiger partial charge in [-0.1, -0.05) is 34.5 Å². The molecular formula is C12H15BrO. The topological polar surface area (TPSA) is 9.23 Å². The van der Waals surface area contributed by atoms with Crippen LogP contribution >= 0.6 is 15.9 Å². The Bertz CT molecular complexity index is 312. The first-order valence-electron chi connectivity index (χ1n) is 5.01. The van der Waals surface area contributed by atoms with Crippen LogP contribution in [0, 0.1) is 0 Å². The minimum Gasteiger partial charge on any atom is -0.497 e. The highest BCUT2D eigenvalue weighted by Crippen LogP contribution is 2.45. The molecule has 1 aliphatic rings. The van der Waals surface area contributed by atoms with Crippen molar-refractivity contribution >= 4 is 15.9 Å². The lowest BCUT2D eigenvalue weighted by Crippen LogP contribution is -2.35. The van der Waals surface area contributed by atoms with E-state index in [0.29, 0.717) is 5.41 Å². The van der Waals surface area contributed by atoms with Crippen LogP contribution in [-0.2, 0) is 5.41 Å².